The fraction of sp³-hybridized carbons (Fsp3) is 0.360. The average Bonchev–Trinajstić information content (AvgIpc) is 3.70. The molecule has 0 atom stereocenters. The number of rotatable bonds is 6. The van der Waals surface area contributed by atoms with Gasteiger partial charge in [0.2, 0.25) is 5.43 Å². The number of piperazine rings is 1. The Labute approximate surface area is 200 Å². The number of aromatic nitrogens is 1. The Morgan fingerprint density at radius 1 is 1.17 bits per heavy atom. The van der Waals surface area contributed by atoms with E-state index in [4.69, 9.17) is 0 Å². The highest BCUT2D eigenvalue weighted by Crippen LogP contribution is 2.38. The number of para-hydroxylation sites is 2. The molecule has 2 heterocycles. The second-order valence-corrected chi connectivity index (χ2v) is 8.98. The molecule has 1 amide bonds. The van der Waals surface area contributed by atoms with Gasteiger partial charge in [-0.3, -0.25) is 19.7 Å². The number of benzene rings is 2. The molecule has 2 aromatic carbocycles. The van der Waals surface area contributed by atoms with Crippen LogP contribution >= 0.6 is 0 Å². The van der Waals surface area contributed by atoms with Crippen LogP contribution in [-0.2, 0) is 0 Å². The molecule has 0 unspecified atom stereocenters. The standard InChI is InChI=1S/C25H26FN5O4/c1-2-28-9-11-29(12-10-28)23-14-22-17(13-19(23)26)24(32)18(15-30(22)16-7-8-16)25(33)27-20-5-3-4-6-21(20)31(34)35/h3-6,13-16H,2,7-12H2,1H3,(H,27,33). The molecule has 0 radical (unpaired) electrons. The summed E-state index contributed by atoms with van der Waals surface area (Å²) < 4.78 is 17.1. The minimum atomic E-state index is -0.763. The number of halogens is 1. The van der Waals surface area contributed by atoms with E-state index in [1.165, 1.54) is 30.5 Å². The van der Waals surface area contributed by atoms with E-state index in [1.807, 2.05) is 9.47 Å². The monoisotopic (exact) mass is 479 g/mol. The van der Waals surface area contributed by atoms with Gasteiger partial charge in [-0.1, -0.05) is 19.1 Å². The van der Waals surface area contributed by atoms with E-state index in [2.05, 4.69) is 17.1 Å². The molecule has 9 nitrogen and oxygen atoms in total. The molecule has 2 fully saturated rings. The number of carbonyl (C=O) groups is 1. The number of fused-ring (bicyclic) bond motifs is 1. The summed E-state index contributed by atoms with van der Waals surface area (Å²) in [6.07, 6.45) is 3.29. The van der Waals surface area contributed by atoms with Crippen LogP contribution in [0.4, 0.5) is 21.5 Å². The number of anilines is 2. The summed E-state index contributed by atoms with van der Waals surface area (Å²) in [6.45, 7) is 6.12. The van der Waals surface area contributed by atoms with Crippen LogP contribution in [0.25, 0.3) is 10.9 Å². The predicted molar refractivity (Wildman–Crippen MR) is 132 cm³/mol. The van der Waals surface area contributed by atoms with Gasteiger partial charge < -0.3 is 19.7 Å². The van der Waals surface area contributed by atoms with Crippen LogP contribution in [0.5, 0.6) is 0 Å². The van der Waals surface area contributed by atoms with E-state index in [1.54, 1.807) is 12.1 Å². The summed E-state index contributed by atoms with van der Waals surface area (Å²) in [5.41, 5.74) is -0.00976. The Morgan fingerprint density at radius 2 is 1.89 bits per heavy atom. The zero-order valence-electron chi connectivity index (χ0n) is 19.4. The van der Waals surface area contributed by atoms with Gasteiger partial charge in [0, 0.05) is 49.9 Å². The second kappa shape index (κ2) is 9.10. The van der Waals surface area contributed by atoms with Crippen molar-refractivity contribution >= 4 is 33.9 Å². The molecule has 1 aliphatic carbocycles. The van der Waals surface area contributed by atoms with Gasteiger partial charge in [0.15, 0.2) is 0 Å². The van der Waals surface area contributed by atoms with Gasteiger partial charge in [0.1, 0.15) is 17.1 Å². The zero-order chi connectivity index (χ0) is 24.7. The van der Waals surface area contributed by atoms with Crippen LogP contribution in [0.2, 0.25) is 0 Å². The number of nitrogens with one attached hydrogen (secondary N) is 1. The minimum Gasteiger partial charge on any atom is -0.367 e. The molecule has 2 aliphatic rings. The molecule has 1 aromatic heterocycles. The summed E-state index contributed by atoms with van der Waals surface area (Å²) in [6, 6.07) is 8.78. The van der Waals surface area contributed by atoms with Gasteiger partial charge in [0.25, 0.3) is 11.6 Å². The van der Waals surface area contributed by atoms with E-state index in [0.29, 0.717) is 24.3 Å². The topological polar surface area (TPSA) is 101 Å². The fourth-order valence-electron chi connectivity index (χ4n) is 4.65. The van der Waals surface area contributed by atoms with Crippen LogP contribution in [0.15, 0.2) is 47.4 Å². The van der Waals surface area contributed by atoms with Crippen molar-refractivity contribution in [2.75, 3.05) is 42.9 Å². The van der Waals surface area contributed by atoms with Crippen LogP contribution in [0, 0.1) is 15.9 Å². The number of nitrogens with zero attached hydrogens (tertiary/aromatic N) is 4. The highest BCUT2D eigenvalue weighted by atomic mass is 19.1. The number of carbonyl (C=O) groups excluding carboxylic acids is 1. The summed E-state index contributed by atoms with van der Waals surface area (Å²) in [5, 5.41) is 13.9. The highest BCUT2D eigenvalue weighted by molar-refractivity contribution is 6.07. The Balaban J connectivity index is 1.55. The Bertz CT molecular complexity index is 1380. The molecule has 3 aromatic rings. The summed E-state index contributed by atoms with van der Waals surface area (Å²) in [7, 11) is 0. The number of hydrogen-bond donors (Lipinski definition) is 1. The van der Waals surface area contributed by atoms with E-state index < -0.39 is 22.1 Å². The summed E-state index contributed by atoms with van der Waals surface area (Å²) >= 11 is 0. The number of amides is 1. The number of likely N-dealkylation sites (N-methyl/N-ethyl adjacent to an activating group) is 1. The van der Waals surface area contributed by atoms with Crippen LogP contribution in [0.3, 0.4) is 0 Å². The van der Waals surface area contributed by atoms with Gasteiger partial charge >= 0.3 is 0 Å². The first kappa shape index (κ1) is 23.0. The van der Waals surface area contributed by atoms with Gasteiger partial charge in [-0.05, 0) is 37.6 Å². The van der Waals surface area contributed by atoms with E-state index in [0.717, 1.165) is 32.5 Å². The van der Waals surface area contributed by atoms with Crippen LogP contribution in [-0.4, -0.2) is 53.0 Å². The summed E-state index contributed by atoms with van der Waals surface area (Å²) in [5.74, 6) is -1.26. The van der Waals surface area contributed by atoms with Crippen molar-refractivity contribution in [2.45, 2.75) is 25.8 Å². The lowest BCUT2D eigenvalue weighted by atomic mass is 10.1. The molecule has 5 rings (SSSR count). The molecular formula is C25H26FN5O4. The van der Waals surface area contributed by atoms with Gasteiger partial charge in [-0.15, -0.1) is 0 Å². The maximum absolute atomic E-state index is 15.3. The van der Waals surface area contributed by atoms with Gasteiger partial charge in [-0.25, -0.2) is 4.39 Å². The highest BCUT2D eigenvalue weighted by Gasteiger charge is 2.29. The SMILES string of the molecule is CCN1CCN(c2cc3c(cc2F)c(=O)c(C(=O)Nc2ccccc2[N+](=O)[O-])cn3C2CC2)CC1. The Hall–Kier alpha value is -3.79. The normalized spacial score (nSPS) is 16.5. The molecule has 0 bridgehead atoms. The number of hydrogen-bond acceptors (Lipinski definition) is 6. The molecule has 1 saturated carbocycles. The lowest BCUT2D eigenvalue weighted by Gasteiger charge is -2.35. The van der Waals surface area contributed by atoms with Crippen LogP contribution in [0.1, 0.15) is 36.2 Å². The summed E-state index contributed by atoms with van der Waals surface area (Å²) in [4.78, 5) is 41.4. The molecule has 0 spiro atoms. The smallest absolute Gasteiger partial charge is 0.292 e. The van der Waals surface area contributed by atoms with Crippen molar-refractivity contribution in [2.24, 2.45) is 0 Å². The van der Waals surface area contributed by atoms with Crippen molar-refractivity contribution in [1.82, 2.24) is 9.47 Å². The molecule has 10 heteroatoms. The largest absolute Gasteiger partial charge is 0.367 e. The van der Waals surface area contributed by atoms with Gasteiger partial charge in [-0.2, -0.15) is 0 Å². The molecule has 1 aliphatic heterocycles. The van der Waals surface area contributed by atoms with Gasteiger partial charge in [0.05, 0.1) is 16.1 Å². The minimum absolute atomic E-state index is 0.00674. The quantitative estimate of drug-likeness (QED) is 0.427. The third-order valence-corrected chi connectivity index (χ3v) is 6.79. The van der Waals surface area contributed by atoms with Crippen molar-refractivity contribution in [3.05, 3.63) is 74.3 Å². The molecule has 1 N–H and O–H groups in total. The molecule has 182 valence electrons. The number of nitro benzene ring substituents is 1. The maximum Gasteiger partial charge on any atom is 0.292 e. The lowest BCUT2D eigenvalue weighted by molar-refractivity contribution is -0.383. The van der Waals surface area contributed by atoms with E-state index in [9.17, 15) is 19.7 Å². The molecular weight excluding hydrogens is 453 g/mol. The lowest BCUT2D eigenvalue weighted by Crippen LogP contribution is -2.46. The molecule has 35 heavy (non-hydrogen) atoms. The number of nitro groups is 1. The molecule has 1 saturated heterocycles. The van der Waals surface area contributed by atoms with Crippen LogP contribution < -0.4 is 15.6 Å². The van der Waals surface area contributed by atoms with Crippen molar-refractivity contribution in [3.8, 4) is 0 Å². The average molecular weight is 480 g/mol. The zero-order valence-corrected chi connectivity index (χ0v) is 19.4. The van der Waals surface area contributed by atoms with Crippen molar-refractivity contribution < 1.29 is 14.1 Å². The first-order chi connectivity index (χ1) is 16.9. The third kappa shape index (κ3) is 4.37. The van der Waals surface area contributed by atoms with E-state index in [-0.39, 0.29) is 28.4 Å². The predicted octanol–water partition coefficient (Wildman–Crippen LogP) is 3.78. The first-order valence-electron chi connectivity index (χ1n) is 11.8. The Kier molecular flexibility index (Phi) is 5.98. The maximum atomic E-state index is 15.3. The number of pyridine rings is 1. The van der Waals surface area contributed by atoms with E-state index >= 15 is 4.39 Å². The second-order valence-electron chi connectivity index (χ2n) is 8.98. The first-order valence-corrected chi connectivity index (χ1v) is 11.8. The van der Waals surface area contributed by atoms with Crippen molar-refractivity contribution in [3.63, 3.8) is 0 Å². The fourth-order valence-corrected chi connectivity index (χ4v) is 4.65. The van der Waals surface area contributed by atoms with Crippen molar-refractivity contribution in [1.29, 1.82) is 0 Å². The third-order valence-electron chi connectivity index (χ3n) is 6.79. The Morgan fingerprint density at radius 3 is 2.54 bits per heavy atom.